The van der Waals surface area contributed by atoms with Crippen molar-refractivity contribution in [3.8, 4) is 0 Å². The molecule has 20 heavy (non-hydrogen) atoms. The third-order valence-corrected chi connectivity index (χ3v) is 2.25. The van der Waals surface area contributed by atoms with Crippen molar-refractivity contribution in [1.29, 1.82) is 0 Å². The van der Waals surface area contributed by atoms with Crippen LogP contribution in [0.2, 0.25) is 0 Å². The average Bonchev–Trinajstić information content (AvgIpc) is 2.56. The van der Waals surface area contributed by atoms with Crippen LogP contribution >= 0.6 is 0 Å². The molecule has 0 radical (unpaired) electrons. The molecule has 112 valence electrons. The highest BCUT2D eigenvalue weighted by molar-refractivity contribution is 5.97. The number of anilines is 1. The third-order valence-electron chi connectivity index (χ3n) is 2.25. The maximum Gasteiger partial charge on any atom is 0.413 e. The van der Waals surface area contributed by atoms with Crippen LogP contribution in [-0.2, 0) is 10.3 Å². The first-order valence-electron chi connectivity index (χ1n) is 6.23. The summed E-state index contributed by atoms with van der Waals surface area (Å²) in [6.07, 6.45) is 0.492. The average molecular weight is 283 g/mol. The van der Waals surface area contributed by atoms with E-state index in [1.807, 2.05) is 20.8 Å². The van der Waals surface area contributed by atoms with E-state index in [-0.39, 0.29) is 11.4 Å². The van der Waals surface area contributed by atoms with E-state index in [2.05, 4.69) is 10.4 Å². The van der Waals surface area contributed by atoms with Crippen LogP contribution in [0.1, 0.15) is 51.9 Å². The lowest BCUT2D eigenvalue weighted by Crippen LogP contribution is -2.31. The molecular formula is C13H21N3O4. The normalized spacial score (nSPS) is 12.1. The van der Waals surface area contributed by atoms with Crippen molar-refractivity contribution in [3.05, 3.63) is 11.8 Å². The molecule has 0 saturated carbocycles. The van der Waals surface area contributed by atoms with Crippen LogP contribution in [0, 0.1) is 0 Å². The Kier molecular flexibility index (Phi) is 4.12. The fourth-order valence-electron chi connectivity index (χ4n) is 1.53. The van der Waals surface area contributed by atoms with E-state index < -0.39 is 23.2 Å². The fraction of sp³-hybridized carbons (Fsp3) is 0.615. The zero-order chi connectivity index (χ0) is 15.7. The van der Waals surface area contributed by atoms with Crippen molar-refractivity contribution >= 4 is 17.9 Å². The number of carboxylic acids is 1. The Hall–Kier alpha value is -2.05. The van der Waals surface area contributed by atoms with E-state index in [0.29, 0.717) is 0 Å². The molecule has 0 atom stereocenters. The van der Waals surface area contributed by atoms with E-state index in [4.69, 9.17) is 9.84 Å². The number of nitrogens with zero attached hydrogens (tertiary/aromatic N) is 2. The molecule has 7 nitrogen and oxygen atoms in total. The number of hydrogen-bond acceptors (Lipinski definition) is 4. The molecule has 1 heterocycles. The highest BCUT2D eigenvalue weighted by Gasteiger charge is 2.27. The van der Waals surface area contributed by atoms with Crippen molar-refractivity contribution in [1.82, 2.24) is 9.78 Å². The Bertz CT molecular complexity index is 521. The van der Waals surface area contributed by atoms with E-state index in [1.54, 1.807) is 20.8 Å². The third kappa shape index (κ3) is 3.97. The number of hydrogen-bond donors (Lipinski definition) is 2. The number of aromatic nitrogens is 2. The summed E-state index contributed by atoms with van der Waals surface area (Å²) in [4.78, 5) is 23.0. The van der Waals surface area contributed by atoms with Gasteiger partial charge in [-0.1, -0.05) is 0 Å². The molecule has 2 N–H and O–H groups in total. The molecule has 0 fully saturated rings. The molecule has 0 saturated heterocycles. The smallest absolute Gasteiger partial charge is 0.413 e. The SMILES string of the molecule is CC(C)(C)OC(=O)Nc1c(C(=O)O)cnn1C(C)(C)C. The first kappa shape index (κ1) is 16.0. The van der Waals surface area contributed by atoms with Crippen molar-refractivity contribution in [2.75, 3.05) is 5.32 Å². The summed E-state index contributed by atoms with van der Waals surface area (Å²) in [5, 5.41) is 15.6. The van der Waals surface area contributed by atoms with Gasteiger partial charge in [-0.25, -0.2) is 14.3 Å². The minimum Gasteiger partial charge on any atom is -0.477 e. The number of carboxylic acid groups (broad SMARTS) is 1. The van der Waals surface area contributed by atoms with E-state index in [9.17, 15) is 9.59 Å². The number of nitrogens with one attached hydrogen (secondary N) is 1. The molecule has 0 aliphatic rings. The lowest BCUT2D eigenvalue weighted by molar-refractivity contribution is 0.0634. The van der Waals surface area contributed by atoms with Crippen LogP contribution < -0.4 is 5.32 Å². The van der Waals surface area contributed by atoms with Gasteiger partial charge in [0.05, 0.1) is 11.7 Å². The lowest BCUT2D eigenvalue weighted by Gasteiger charge is -2.24. The minimum absolute atomic E-state index is 0.0780. The second-order valence-corrected chi connectivity index (χ2v) is 6.42. The molecule has 0 bridgehead atoms. The summed E-state index contributed by atoms with van der Waals surface area (Å²) in [6.45, 7) is 10.7. The Balaban J connectivity index is 3.12. The maximum atomic E-state index is 11.8. The zero-order valence-corrected chi connectivity index (χ0v) is 12.6. The second kappa shape index (κ2) is 5.15. The highest BCUT2D eigenvalue weighted by atomic mass is 16.6. The predicted molar refractivity (Wildman–Crippen MR) is 74.0 cm³/mol. The van der Waals surface area contributed by atoms with Gasteiger partial charge in [0.2, 0.25) is 0 Å². The summed E-state index contributed by atoms with van der Waals surface area (Å²) in [5.74, 6) is -1.05. The van der Waals surface area contributed by atoms with Crippen molar-refractivity contribution < 1.29 is 19.4 Å². The summed E-state index contributed by atoms with van der Waals surface area (Å²) >= 11 is 0. The van der Waals surface area contributed by atoms with Gasteiger partial charge in [0, 0.05) is 0 Å². The van der Waals surface area contributed by atoms with Gasteiger partial charge in [0.15, 0.2) is 0 Å². The van der Waals surface area contributed by atoms with Gasteiger partial charge in [0.1, 0.15) is 17.0 Å². The fourth-order valence-corrected chi connectivity index (χ4v) is 1.53. The van der Waals surface area contributed by atoms with Crippen LogP contribution in [0.4, 0.5) is 10.6 Å². The number of amides is 1. The number of rotatable bonds is 2. The lowest BCUT2D eigenvalue weighted by atomic mass is 10.1. The molecule has 1 aromatic rings. The molecular weight excluding hydrogens is 262 g/mol. The van der Waals surface area contributed by atoms with Gasteiger partial charge in [-0.05, 0) is 41.5 Å². The molecule has 1 rings (SSSR count). The maximum absolute atomic E-state index is 11.8. The Morgan fingerprint density at radius 1 is 1.25 bits per heavy atom. The van der Waals surface area contributed by atoms with Crippen molar-refractivity contribution in [2.45, 2.75) is 52.7 Å². The van der Waals surface area contributed by atoms with Crippen LogP contribution in [0.25, 0.3) is 0 Å². The molecule has 7 heteroatoms. The van der Waals surface area contributed by atoms with Gasteiger partial charge in [-0.2, -0.15) is 5.10 Å². The number of ether oxygens (including phenoxy) is 1. The summed E-state index contributed by atoms with van der Waals surface area (Å²) in [5.41, 5.74) is -1.22. The topological polar surface area (TPSA) is 93.4 Å². The standard InChI is InChI=1S/C13H21N3O4/c1-12(2,3)16-9(8(7-14-16)10(17)18)15-11(19)20-13(4,5)6/h7H,1-6H3,(H,15,19)(H,17,18). The Morgan fingerprint density at radius 3 is 2.20 bits per heavy atom. The molecule has 1 amide bonds. The van der Waals surface area contributed by atoms with Crippen molar-refractivity contribution in [2.24, 2.45) is 0 Å². The Labute approximate surface area is 117 Å². The van der Waals surface area contributed by atoms with Gasteiger partial charge in [0.25, 0.3) is 0 Å². The molecule has 0 unspecified atom stereocenters. The van der Waals surface area contributed by atoms with Gasteiger partial charge in [-0.3, -0.25) is 5.32 Å². The number of carbonyl (C=O) groups excluding carboxylic acids is 1. The first-order valence-corrected chi connectivity index (χ1v) is 6.23. The van der Waals surface area contributed by atoms with Crippen LogP contribution in [-0.4, -0.2) is 32.6 Å². The van der Waals surface area contributed by atoms with Crippen LogP contribution in [0.3, 0.4) is 0 Å². The first-order chi connectivity index (χ1) is 8.92. The highest BCUT2D eigenvalue weighted by Crippen LogP contribution is 2.24. The second-order valence-electron chi connectivity index (χ2n) is 6.42. The predicted octanol–water partition coefficient (Wildman–Crippen LogP) is 2.68. The number of aromatic carboxylic acids is 1. The summed E-state index contributed by atoms with van der Waals surface area (Å²) in [6, 6.07) is 0. The van der Waals surface area contributed by atoms with Crippen molar-refractivity contribution in [3.63, 3.8) is 0 Å². The molecule has 0 aromatic carbocycles. The molecule has 0 aliphatic carbocycles. The molecule has 1 aromatic heterocycles. The zero-order valence-electron chi connectivity index (χ0n) is 12.6. The van der Waals surface area contributed by atoms with Crippen LogP contribution in [0.15, 0.2) is 6.20 Å². The largest absolute Gasteiger partial charge is 0.477 e. The summed E-state index contributed by atoms with van der Waals surface area (Å²) in [7, 11) is 0. The van der Waals surface area contributed by atoms with Gasteiger partial charge >= 0.3 is 12.1 Å². The van der Waals surface area contributed by atoms with Crippen LogP contribution in [0.5, 0.6) is 0 Å². The minimum atomic E-state index is -1.16. The quantitative estimate of drug-likeness (QED) is 0.870. The molecule has 0 spiro atoms. The van der Waals surface area contributed by atoms with E-state index in [0.717, 1.165) is 0 Å². The summed E-state index contributed by atoms with van der Waals surface area (Å²) < 4.78 is 6.57. The Morgan fingerprint density at radius 2 is 1.80 bits per heavy atom. The molecule has 0 aliphatic heterocycles. The van der Waals surface area contributed by atoms with E-state index in [1.165, 1.54) is 10.9 Å². The van der Waals surface area contributed by atoms with E-state index >= 15 is 0 Å². The monoisotopic (exact) mass is 283 g/mol. The van der Waals surface area contributed by atoms with Gasteiger partial charge < -0.3 is 9.84 Å². The van der Waals surface area contributed by atoms with Gasteiger partial charge in [-0.15, -0.1) is 0 Å². The number of carbonyl (C=O) groups is 2.